The third kappa shape index (κ3) is 2.10. The summed E-state index contributed by atoms with van der Waals surface area (Å²) in [7, 11) is 1.23. The van der Waals surface area contributed by atoms with Gasteiger partial charge in [-0.15, -0.1) is 0 Å². The topological polar surface area (TPSA) is 87.9 Å². The average Bonchev–Trinajstić information content (AvgIpc) is 2.45. The van der Waals surface area contributed by atoms with E-state index in [1.54, 1.807) is 6.92 Å². The minimum atomic E-state index is -0.637. The fourth-order valence-electron chi connectivity index (χ4n) is 1.96. The van der Waals surface area contributed by atoms with E-state index >= 15 is 0 Å². The van der Waals surface area contributed by atoms with Crippen LogP contribution in [0.5, 0.6) is 0 Å². The molecular weight excluding hydrogens is 278 g/mol. The molecule has 0 bridgehead atoms. The number of hydrogen-bond donors (Lipinski definition) is 1. The van der Waals surface area contributed by atoms with Crippen molar-refractivity contribution in [1.82, 2.24) is 9.55 Å². The number of aromatic amines is 1. The maximum Gasteiger partial charge on any atom is 0.339 e. The number of benzene rings is 1. The van der Waals surface area contributed by atoms with E-state index in [1.807, 2.05) is 6.07 Å². The number of ether oxygens (including phenoxy) is 1. The molecule has 7 heteroatoms. The van der Waals surface area contributed by atoms with Gasteiger partial charge in [0.25, 0.3) is 0 Å². The van der Waals surface area contributed by atoms with Gasteiger partial charge in [-0.25, -0.2) is 9.59 Å². The Hall–Kier alpha value is -2.46. The van der Waals surface area contributed by atoms with Gasteiger partial charge in [-0.3, -0.25) is 4.57 Å². The van der Waals surface area contributed by atoms with Crippen molar-refractivity contribution in [2.75, 3.05) is 7.11 Å². The van der Waals surface area contributed by atoms with E-state index in [0.717, 1.165) is 0 Å². The summed E-state index contributed by atoms with van der Waals surface area (Å²) < 4.78 is 6.34. The maximum atomic E-state index is 11.8. The molecule has 0 unspecified atom stereocenters. The van der Waals surface area contributed by atoms with Gasteiger partial charge < -0.3 is 9.72 Å². The minimum absolute atomic E-state index is 0.0989. The van der Waals surface area contributed by atoms with E-state index < -0.39 is 5.97 Å². The number of aromatic nitrogens is 2. The molecule has 102 valence electrons. The van der Waals surface area contributed by atoms with Crippen LogP contribution >= 0.6 is 12.2 Å². The predicted molar refractivity (Wildman–Crippen MR) is 75.1 cm³/mol. The number of nitriles is 1. The number of nitrogens with one attached hydrogen (secondary N) is 1. The van der Waals surface area contributed by atoms with Crippen LogP contribution in [0, 0.1) is 16.0 Å². The summed E-state index contributed by atoms with van der Waals surface area (Å²) in [6.45, 7) is 2.22. The van der Waals surface area contributed by atoms with Gasteiger partial charge >= 0.3 is 11.7 Å². The zero-order valence-corrected chi connectivity index (χ0v) is 11.7. The molecule has 0 saturated heterocycles. The molecule has 1 N–H and O–H groups in total. The van der Waals surface area contributed by atoms with E-state index in [2.05, 4.69) is 9.72 Å². The number of methoxy groups -OCH3 is 1. The summed E-state index contributed by atoms with van der Waals surface area (Å²) in [5, 5.41) is 9.67. The molecule has 0 amide bonds. The van der Waals surface area contributed by atoms with Gasteiger partial charge in [-0.05, 0) is 19.1 Å². The van der Waals surface area contributed by atoms with Crippen molar-refractivity contribution < 1.29 is 9.53 Å². The standard InChI is InChI=1S/C13H11N3O3S/c1-3-16-11(20)9-4-7(6-14)8(12(17)19-2)5-10(9)15-13(16)18/h4-5H,3H2,1-2H3,(H,15,18). The molecule has 20 heavy (non-hydrogen) atoms. The quantitative estimate of drug-likeness (QED) is 0.672. The van der Waals surface area contributed by atoms with Gasteiger partial charge in [0.1, 0.15) is 10.7 Å². The van der Waals surface area contributed by atoms with E-state index in [9.17, 15) is 9.59 Å². The summed E-state index contributed by atoms with van der Waals surface area (Å²) in [6.07, 6.45) is 0. The number of nitrogens with zero attached hydrogens (tertiary/aromatic N) is 2. The third-order valence-corrected chi connectivity index (χ3v) is 3.40. The van der Waals surface area contributed by atoms with Crippen LogP contribution in [0.1, 0.15) is 22.8 Å². The minimum Gasteiger partial charge on any atom is -0.465 e. The third-order valence-electron chi connectivity index (χ3n) is 2.96. The number of hydrogen-bond acceptors (Lipinski definition) is 5. The molecule has 1 aromatic heterocycles. The molecule has 2 aromatic rings. The Labute approximate surface area is 119 Å². The van der Waals surface area contributed by atoms with Crippen LogP contribution in [0.3, 0.4) is 0 Å². The molecule has 2 rings (SSSR count). The number of rotatable bonds is 2. The van der Waals surface area contributed by atoms with Crippen molar-refractivity contribution in [3.63, 3.8) is 0 Å². The monoisotopic (exact) mass is 289 g/mol. The van der Waals surface area contributed by atoms with Crippen molar-refractivity contribution in [3.05, 3.63) is 38.4 Å². The van der Waals surface area contributed by atoms with Crippen molar-refractivity contribution in [3.8, 4) is 6.07 Å². The number of carbonyl (C=O) groups is 1. The Morgan fingerprint density at radius 3 is 2.80 bits per heavy atom. The Kier molecular flexibility index (Phi) is 3.68. The van der Waals surface area contributed by atoms with Gasteiger partial charge in [-0.1, -0.05) is 12.2 Å². The molecule has 0 aliphatic heterocycles. The molecule has 0 atom stereocenters. The molecule has 0 aliphatic rings. The highest BCUT2D eigenvalue weighted by atomic mass is 32.1. The SMILES string of the molecule is CCn1c(=O)[nH]c2cc(C(=O)OC)c(C#N)cc2c1=S. The van der Waals surface area contributed by atoms with Crippen LogP contribution in [0.2, 0.25) is 0 Å². The van der Waals surface area contributed by atoms with E-state index in [0.29, 0.717) is 22.1 Å². The number of H-pyrrole nitrogens is 1. The largest absolute Gasteiger partial charge is 0.465 e. The molecule has 6 nitrogen and oxygen atoms in total. The Morgan fingerprint density at radius 1 is 1.55 bits per heavy atom. The maximum absolute atomic E-state index is 11.8. The lowest BCUT2D eigenvalue weighted by molar-refractivity contribution is 0.0600. The lowest BCUT2D eigenvalue weighted by atomic mass is 10.1. The second-order valence-corrected chi connectivity index (χ2v) is 4.41. The lowest BCUT2D eigenvalue weighted by Crippen LogP contribution is -2.23. The lowest BCUT2D eigenvalue weighted by Gasteiger charge is -2.08. The first-order valence-corrected chi connectivity index (χ1v) is 6.23. The van der Waals surface area contributed by atoms with Gasteiger partial charge in [0.2, 0.25) is 0 Å². The van der Waals surface area contributed by atoms with Crippen molar-refractivity contribution in [1.29, 1.82) is 5.26 Å². The highest BCUT2D eigenvalue weighted by Gasteiger charge is 2.15. The van der Waals surface area contributed by atoms with E-state index in [-0.39, 0.29) is 16.8 Å². The number of fused-ring (bicyclic) bond motifs is 1. The second-order valence-electron chi connectivity index (χ2n) is 4.03. The van der Waals surface area contributed by atoms with Gasteiger partial charge in [0.05, 0.1) is 23.8 Å². The summed E-state index contributed by atoms with van der Waals surface area (Å²) in [5.41, 5.74) is 0.307. The summed E-state index contributed by atoms with van der Waals surface area (Å²) in [5.74, 6) is -0.637. The summed E-state index contributed by atoms with van der Waals surface area (Å²) in [4.78, 5) is 26.1. The zero-order valence-electron chi connectivity index (χ0n) is 10.9. The van der Waals surface area contributed by atoms with E-state index in [1.165, 1.54) is 23.8 Å². The van der Waals surface area contributed by atoms with Crippen LogP contribution in [0.4, 0.5) is 0 Å². The fraction of sp³-hybridized carbons (Fsp3) is 0.231. The molecule has 1 aromatic carbocycles. The highest BCUT2D eigenvalue weighted by molar-refractivity contribution is 7.71. The molecule has 0 saturated carbocycles. The Bertz CT molecular complexity index is 858. The molecule has 0 spiro atoms. The predicted octanol–water partition coefficient (Wildman–Crippen LogP) is 1.74. The molecule has 0 fully saturated rings. The molecule has 1 heterocycles. The number of esters is 1. The van der Waals surface area contributed by atoms with Crippen LogP contribution < -0.4 is 5.69 Å². The molecule has 0 radical (unpaired) electrons. The highest BCUT2D eigenvalue weighted by Crippen LogP contribution is 2.19. The molecule has 0 aliphatic carbocycles. The van der Waals surface area contributed by atoms with Crippen LogP contribution in [0.25, 0.3) is 10.9 Å². The summed E-state index contributed by atoms with van der Waals surface area (Å²) >= 11 is 5.24. The zero-order chi connectivity index (χ0) is 14.9. The van der Waals surface area contributed by atoms with Crippen LogP contribution in [-0.4, -0.2) is 22.6 Å². The first-order valence-electron chi connectivity index (χ1n) is 5.82. The number of carbonyl (C=O) groups excluding carboxylic acids is 1. The van der Waals surface area contributed by atoms with Crippen LogP contribution in [-0.2, 0) is 11.3 Å². The van der Waals surface area contributed by atoms with Gasteiger partial charge in [0.15, 0.2) is 0 Å². The molecular formula is C13H11N3O3S. The fourth-order valence-corrected chi connectivity index (χ4v) is 2.34. The Balaban J connectivity index is 2.93. The normalized spacial score (nSPS) is 10.2. The van der Waals surface area contributed by atoms with E-state index in [4.69, 9.17) is 17.5 Å². The first kappa shape index (κ1) is 14.0. The summed E-state index contributed by atoms with van der Waals surface area (Å²) in [6, 6.07) is 4.84. The Morgan fingerprint density at radius 2 is 2.25 bits per heavy atom. The second kappa shape index (κ2) is 5.27. The van der Waals surface area contributed by atoms with Gasteiger partial charge in [0, 0.05) is 11.9 Å². The van der Waals surface area contributed by atoms with Gasteiger partial charge in [-0.2, -0.15) is 5.26 Å². The smallest absolute Gasteiger partial charge is 0.339 e. The van der Waals surface area contributed by atoms with Crippen molar-refractivity contribution >= 4 is 29.1 Å². The van der Waals surface area contributed by atoms with Crippen molar-refractivity contribution in [2.24, 2.45) is 0 Å². The first-order chi connectivity index (χ1) is 9.53. The average molecular weight is 289 g/mol. The van der Waals surface area contributed by atoms with Crippen molar-refractivity contribution in [2.45, 2.75) is 13.5 Å². The van der Waals surface area contributed by atoms with Crippen LogP contribution in [0.15, 0.2) is 16.9 Å².